The molecule has 4 aromatic heterocycles. The number of primary sulfonamides is 1. The summed E-state index contributed by atoms with van der Waals surface area (Å²) in [5.41, 5.74) is 14.2. The predicted octanol–water partition coefficient (Wildman–Crippen LogP) is 5.75. The monoisotopic (exact) mass is 1010 g/mol. The molecule has 2 aromatic carbocycles. The fraction of sp³-hybridized carbons (Fsp3) is 0.383. The van der Waals surface area contributed by atoms with Gasteiger partial charge >= 0.3 is 6.03 Å². The van der Waals surface area contributed by atoms with E-state index in [9.17, 15) is 30.4 Å². The number of rotatable bonds is 14. The first-order chi connectivity index (χ1) is 33.2. The summed E-state index contributed by atoms with van der Waals surface area (Å²) in [6.45, 7) is 5.98. The normalized spacial score (nSPS) is 13.0. The van der Waals surface area contributed by atoms with E-state index in [1.165, 1.54) is 37.6 Å². The topological polar surface area (TPSA) is 248 Å². The second-order valence-corrected chi connectivity index (χ2v) is 20.2. The molecule has 2 aliphatic carbocycles. The molecule has 2 amide bonds. The minimum Gasteiger partial charge on any atom is -0.481 e. The van der Waals surface area contributed by atoms with Gasteiger partial charge in [0.25, 0.3) is 20.0 Å². The fourth-order valence-electron chi connectivity index (χ4n) is 8.37. The number of nitrogens with zero attached hydrogens (tertiary/aromatic N) is 8. The van der Waals surface area contributed by atoms with Crippen LogP contribution in [0.3, 0.4) is 0 Å². The van der Waals surface area contributed by atoms with Gasteiger partial charge in [0.2, 0.25) is 11.8 Å². The molecular formula is C47H60F2N12O7S2. The molecule has 19 nitrogen and oxygen atoms in total. The highest BCUT2D eigenvalue weighted by molar-refractivity contribution is 7.90. The number of anilines is 2. The highest BCUT2D eigenvalue weighted by Crippen LogP contribution is 2.40. The molecule has 4 heterocycles. The first-order valence-corrected chi connectivity index (χ1v) is 25.4. The molecule has 0 fully saturated rings. The number of hydrogen-bond acceptors (Lipinski definition) is 14. The third-order valence-corrected chi connectivity index (χ3v) is 13.5. The smallest absolute Gasteiger partial charge is 0.333 e. The molecule has 23 heteroatoms. The van der Waals surface area contributed by atoms with Crippen molar-refractivity contribution in [1.29, 1.82) is 0 Å². The van der Waals surface area contributed by atoms with Gasteiger partial charge in [-0.1, -0.05) is 0 Å². The van der Waals surface area contributed by atoms with E-state index in [1.54, 1.807) is 40.9 Å². The van der Waals surface area contributed by atoms with Gasteiger partial charge in [-0.05, 0) is 138 Å². The molecule has 0 saturated heterocycles. The third-order valence-electron chi connectivity index (χ3n) is 11.5. The van der Waals surface area contributed by atoms with E-state index in [-0.39, 0.29) is 21.7 Å². The van der Waals surface area contributed by atoms with Crippen LogP contribution in [0.4, 0.5) is 25.0 Å². The standard InChI is InChI=1S/C24H29FN6O4S.C15H15FN2O.C8H16N4O2S/c1-5-31-16(14-30(2)3)12-22(28-31)36(33,34)29-24(32)27-23-18-8-6-7-17(18)20(25)13-19(23)15-9-10-26-21(11-15)35-4;1-19-14-7-9(5-6-18-14)12-8-13(16)10-3-2-4-11(10)15(12)17;1-4-12-7(6-11(2)3)5-8(10-12)15(9,13)14/h9-13H,5-8,14H2,1-4H3,(H2,27,29,32);5-8H,2-4,17H2,1H3;5H,4,6H2,1-3H3,(H2,9,13,14). The fourth-order valence-corrected chi connectivity index (χ4v) is 9.78. The number of nitrogens with two attached hydrogens (primary N) is 2. The van der Waals surface area contributed by atoms with Gasteiger partial charge in [0.15, 0.2) is 10.1 Å². The van der Waals surface area contributed by atoms with Crippen LogP contribution in [0, 0.1) is 11.6 Å². The SMILES string of the molecule is CCn1nc(S(=O)(=O)NC(=O)Nc2c(-c3ccnc(OC)c3)cc(F)c3c2CCC3)cc1CN(C)C.CCn1nc(S(N)(=O)=O)cc1CN(C)C.COc1cc(-c2cc(F)c3c(c2N)CCC3)ccn1. The number of carbonyl (C=O) groups is 1. The molecule has 0 atom stereocenters. The van der Waals surface area contributed by atoms with E-state index in [1.807, 2.05) is 62.6 Å². The van der Waals surface area contributed by atoms with Crippen molar-refractivity contribution >= 4 is 37.5 Å². The Hall–Kier alpha value is -6.53. The second-order valence-electron chi connectivity index (χ2n) is 17.1. The van der Waals surface area contributed by atoms with Gasteiger partial charge in [0.1, 0.15) is 11.6 Å². The highest BCUT2D eigenvalue weighted by atomic mass is 32.2. The summed E-state index contributed by atoms with van der Waals surface area (Å²) in [5, 5.41) is 15.4. The summed E-state index contributed by atoms with van der Waals surface area (Å²) >= 11 is 0. The average molecular weight is 1010 g/mol. The minimum atomic E-state index is -4.25. The number of carbonyl (C=O) groups excluding carboxylic acids is 1. The Kier molecular flexibility index (Phi) is 17.0. The number of nitrogen functional groups attached to an aromatic ring is 1. The van der Waals surface area contributed by atoms with Crippen LogP contribution in [0.5, 0.6) is 11.8 Å². The van der Waals surface area contributed by atoms with Gasteiger partial charge in [-0.25, -0.2) is 41.8 Å². The first-order valence-electron chi connectivity index (χ1n) is 22.4. The Morgan fingerprint density at radius 2 is 1.16 bits per heavy atom. The molecule has 0 saturated carbocycles. The van der Waals surface area contributed by atoms with E-state index >= 15 is 0 Å². The number of methoxy groups -OCH3 is 2. The van der Waals surface area contributed by atoms with Crippen LogP contribution in [0.1, 0.15) is 60.3 Å². The van der Waals surface area contributed by atoms with Crippen molar-refractivity contribution in [1.82, 2.24) is 44.1 Å². The maximum atomic E-state index is 14.9. The number of amides is 2. The van der Waals surface area contributed by atoms with Crippen molar-refractivity contribution in [3.63, 3.8) is 0 Å². The van der Waals surface area contributed by atoms with Gasteiger partial charge in [0.05, 0.1) is 31.3 Å². The summed E-state index contributed by atoms with van der Waals surface area (Å²) in [7, 11) is 2.61. The minimum absolute atomic E-state index is 0.0683. The van der Waals surface area contributed by atoms with E-state index in [4.69, 9.17) is 20.3 Å². The van der Waals surface area contributed by atoms with Crippen molar-refractivity contribution in [2.45, 2.75) is 88.6 Å². The lowest BCUT2D eigenvalue weighted by Crippen LogP contribution is -2.35. The highest BCUT2D eigenvalue weighted by Gasteiger charge is 2.28. The molecule has 0 aliphatic heterocycles. The molecule has 6 aromatic rings. The first kappa shape index (κ1) is 52.8. The van der Waals surface area contributed by atoms with E-state index < -0.39 is 26.1 Å². The van der Waals surface area contributed by atoms with Crippen LogP contribution in [0.2, 0.25) is 0 Å². The Labute approximate surface area is 407 Å². The van der Waals surface area contributed by atoms with Gasteiger partial charge < -0.3 is 30.3 Å². The lowest BCUT2D eigenvalue weighted by atomic mass is 9.97. The zero-order valence-corrected chi connectivity index (χ0v) is 42.1. The number of ether oxygens (including phenoxy) is 2. The summed E-state index contributed by atoms with van der Waals surface area (Å²) < 4.78 is 92.7. The third kappa shape index (κ3) is 12.4. The van der Waals surface area contributed by atoms with E-state index in [2.05, 4.69) is 25.5 Å². The largest absolute Gasteiger partial charge is 0.481 e. The Bertz CT molecular complexity index is 3090. The molecule has 0 spiro atoms. The van der Waals surface area contributed by atoms with E-state index in [0.29, 0.717) is 90.1 Å². The number of benzene rings is 2. The van der Waals surface area contributed by atoms with Gasteiger partial charge in [-0.3, -0.25) is 9.36 Å². The Balaban J connectivity index is 0.000000196. The van der Waals surface area contributed by atoms with Crippen LogP contribution in [0.15, 0.2) is 71.0 Å². The van der Waals surface area contributed by atoms with Crippen molar-refractivity contribution in [3.05, 3.63) is 106 Å². The summed E-state index contributed by atoms with van der Waals surface area (Å²) in [4.78, 5) is 24.9. The predicted molar refractivity (Wildman–Crippen MR) is 262 cm³/mol. The summed E-state index contributed by atoms with van der Waals surface area (Å²) in [6, 6.07) is 11.7. The van der Waals surface area contributed by atoms with Crippen molar-refractivity contribution in [2.75, 3.05) is 53.5 Å². The maximum Gasteiger partial charge on any atom is 0.333 e. The van der Waals surface area contributed by atoms with Gasteiger partial charge in [0, 0.05) is 79.7 Å². The number of urea groups is 1. The lowest BCUT2D eigenvalue weighted by Gasteiger charge is -2.17. The molecule has 6 N–H and O–H groups in total. The Morgan fingerprint density at radius 3 is 1.66 bits per heavy atom. The maximum absolute atomic E-state index is 14.9. The molecule has 376 valence electrons. The van der Waals surface area contributed by atoms with Gasteiger partial charge in [-0.2, -0.15) is 18.6 Å². The molecule has 2 aliphatic rings. The zero-order valence-electron chi connectivity index (χ0n) is 40.5. The number of aromatic nitrogens is 6. The van der Waals surface area contributed by atoms with Crippen LogP contribution < -0.4 is 30.4 Å². The van der Waals surface area contributed by atoms with Crippen molar-refractivity contribution in [2.24, 2.45) is 5.14 Å². The molecule has 8 rings (SSSR count). The van der Waals surface area contributed by atoms with Crippen LogP contribution >= 0.6 is 0 Å². The molecule has 0 bridgehead atoms. The number of aryl methyl sites for hydroxylation is 2. The summed E-state index contributed by atoms with van der Waals surface area (Å²) in [5.74, 6) is 0.294. The summed E-state index contributed by atoms with van der Waals surface area (Å²) in [6.07, 6.45) is 7.59. The van der Waals surface area contributed by atoms with Crippen molar-refractivity contribution in [3.8, 4) is 34.0 Å². The molecule has 0 unspecified atom stereocenters. The van der Waals surface area contributed by atoms with Crippen LogP contribution in [-0.2, 0) is 71.9 Å². The van der Waals surface area contributed by atoms with Crippen LogP contribution in [-0.4, -0.2) is 105 Å². The molecular weight excluding hydrogens is 947 g/mol. The quantitative estimate of drug-likeness (QED) is 0.0950. The van der Waals surface area contributed by atoms with Crippen molar-refractivity contribution < 1.29 is 39.9 Å². The Morgan fingerprint density at radius 1 is 0.700 bits per heavy atom. The number of pyridine rings is 2. The van der Waals surface area contributed by atoms with E-state index in [0.717, 1.165) is 53.6 Å². The number of sulfonamides is 2. The number of hydrogen-bond donors (Lipinski definition) is 4. The molecule has 0 radical (unpaired) electrons. The molecule has 70 heavy (non-hydrogen) atoms. The number of halogens is 2. The average Bonchev–Trinajstić information content (AvgIpc) is 4.16. The number of nitrogens with one attached hydrogen (secondary N) is 2. The zero-order chi connectivity index (χ0) is 51.1. The number of fused-ring (bicyclic) bond motifs is 2. The lowest BCUT2D eigenvalue weighted by molar-refractivity contribution is 0.256. The van der Waals surface area contributed by atoms with Crippen LogP contribution in [0.25, 0.3) is 22.3 Å². The van der Waals surface area contributed by atoms with Gasteiger partial charge in [-0.15, -0.1) is 0 Å². The second kappa shape index (κ2) is 22.5.